The van der Waals surface area contributed by atoms with Gasteiger partial charge in [0, 0.05) is 38.0 Å². The Morgan fingerprint density at radius 2 is 1.67 bits per heavy atom. The second kappa shape index (κ2) is 6.89. The number of nitrogens with zero attached hydrogens (tertiary/aromatic N) is 5. The number of amides is 2. The highest BCUT2D eigenvalue weighted by molar-refractivity contribution is 5.81. The largest absolute Gasteiger partial charge is 0.370 e. The molecule has 2 saturated heterocycles. The first kappa shape index (κ1) is 17.2. The number of fused-ring (bicyclic) bond motifs is 3. The van der Waals surface area contributed by atoms with Crippen LogP contribution in [0.3, 0.4) is 0 Å². The van der Waals surface area contributed by atoms with Gasteiger partial charge in [0.2, 0.25) is 11.8 Å². The fraction of sp³-hybridized carbons (Fsp3) is 0.789. The van der Waals surface area contributed by atoms with E-state index < -0.39 is 0 Å². The van der Waals surface area contributed by atoms with Crippen LogP contribution < -0.4 is 0 Å². The van der Waals surface area contributed by atoms with Crippen molar-refractivity contribution in [1.82, 2.24) is 24.8 Å². The van der Waals surface area contributed by atoms with Crippen molar-refractivity contribution in [3.05, 3.63) is 11.9 Å². The molecule has 0 spiro atoms. The van der Waals surface area contributed by atoms with Crippen LogP contribution in [0.15, 0.2) is 6.20 Å². The van der Waals surface area contributed by atoms with Crippen molar-refractivity contribution in [2.45, 2.75) is 57.3 Å². The number of likely N-dealkylation sites (tertiary alicyclic amines) is 2. The number of aromatic nitrogens is 3. The van der Waals surface area contributed by atoms with Crippen LogP contribution in [-0.4, -0.2) is 68.9 Å². The van der Waals surface area contributed by atoms with Gasteiger partial charge >= 0.3 is 0 Å². The van der Waals surface area contributed by atoms with Crippen LogP contribution in [0.4, 0.5) is 0 Å². The summed E-state index contributed by atoms with van der Waals surface area (Å²) in [7, 11) is 0. The average molecular weight is 373 g/mol. The Labute approximate surface area is 158 Å². The van der Waals surface area contributed by atoms with E-state index in [9.17, 15) is 9.59 Å². The molecule has 0 N–H and O–H groups in total. The molecule has 27 heavy (non-hydrogen) atoms. The summed E-state index contributed by atoms with van der Waals surface area (Å²) in [4.78, 5) is 29.5. The fourth-order valence-electron chi connectivity index (χ4n) is 4.90. The maximum absolute atomic E-state index is 13.1. The standard InChI is InChI=1S/C19H27N5O3/c25-18(13-2-1-3-13)22-7-4-14(5-8-22)19(26)23-9-6-17-16(11-23)24-15(12-27-17)10-20-21-24/h10,13-14,16-17H,1-9,11-12H2/t16-,17+/m1/s1. The highest BCUT2D eigenvalue weighted by Crippen LogP contribution is 2.33. The molecule has 0 radical (unpaired) electrons. The number of piperidine rings is 2. The van der Waals surface area contributed by atoms with E-state index in [-0.39, 0.29) is 29.9 Å². The zero-order valence-corrected chi connectivity index (χ0v) is 15.6. The Balaban J connectivity index is 1.19. The van der Waals surface area contributed by atoms with Gasteiger partial charge in [0.15, 0.2) is 0 Å². The number of hydrogen-bond acceptors (Lipinski definition) is 5. The van der Waals surface area contributed by atoms with Gasteiger partial charge in [-0.25, -0.2) is 4.68 Å². The monoisotopic (exact) mass is 373 g/mol. The van der Waals surface area contributed by atoms with Crippen molar-refractivity contribution in [3.8, 4) is 0 Å². The topological polar surface area (TPSA) is 80.6 Å². The third-order valence-electron chi connectivity index (χ3n) is 6.85. The summed E-state index contributed by atoms with van der Waals surface area (Å²) in [6.07, 6.45) is 7.53. The smallest absolute Gasteiger partial charge is 0.225 e. The Kier molecular flexibility index (Phi) is 4.38. The molecule has 4 heterocycles. The van der Waals surface area contributed by atoms with E-state index in [1.807, 2.05) is 14.5 Å². The van der Waals surface area contributed by atoms with Gasteiger partial charge in [0.25, 0.3) is 0 Å². The van der Waals surface area contributed by atoms with E-state index in [1.54, 1.807) is 6.20 Å². The molecule has 1 aliphatic carbocycles. The van der Waals surface area contributed by atoms with E-state index in [0.717, 1.165) is 57.4 Å². The van der Waals surface area contributed by atoms with Gasteiger partial charge in [-0.1, -0.05) is 11.6 Å². The Morgan fingerprint density at radius 3 is 2.41 bits per heavy atom. The van der Waals surface area contributed by atoms with Crippen molar-refractivity contribution < 1.29 is 14.3 Å². The maximum Gasteiger partial charge on any atom is 0.225 e. The van der Waals surface area contributed by atoms with Gasteiger partial charge in [-0.15, -0.1) is 5.10 Å². The molecule has 1 aromatic heterocycles. The lowest BCUT2D eigenvalue weighted by atomic mass is 9.83. The molecule has 2 amide bonds. The Morgan fingerprint density at radius 1 is 0.963 bits per heavy atom. The summed E-state index contributed by atoms with van der Waals surface area (Å²) >= 11 is 0. The summed E-state index contributed by atoms with van der Waals surface area (Å²) < 4.78 is 7.87. The first-order valence-corrected chi connectivity index (χ1v) is 10.3. The van der Waals surface area contributed by atoms with E-state index >= 15 is 0 Å². The van der Waals surface area contributed by atoms with Crippen LogP contribution >= 0.6 is 0 Å². The quantitative estimate of drug-likeness (QED) is 0.772. The van der Waals surface area contributed by atoms with E-state index in [0.29, 0.717) is 19.1 Å². The van der Waals surface area contributed by atoms with Crippen molar-refractivity contribution in [2.24, 2.45) is 11.8 Å². The van der Waals surface area contributed by atoms with E-state index in [1.165, 1.54) is 6.42 Å². The lowest BCUT2D eigenvalue weighted by Crippen LogP contribution is -2.52. The van der Waals surface area contributed by atoms with Crippen molar-refractivity contribution >= 4 is 11.8 Å². The second-order valence-electron chi connectivity index (χ2n) is 8.39. The van der Waals surface area contributed by atoms with Crippen LogP contribution in [0, 0.1) is 11.8 Å². The molecule has 3 aliphatic heterocycles. The lowest BCUT2D eigenvalue weighted by Gasteiger charge is -2.43. The SMILES string of the molecule is O=C(C1CCC1)N1CCC(C(=O)N2CC[C@@H]3OCc4cnnn4[C@@H]3C2)CC1. The molecule has 3 fully saturated rings. The molecule has 0 unspecified atom stereocenters. The van der Waals surface area contributed by atoms with E-state index in [2.05, 4.69) is 10.3 Å². The molecule has 2 atom stereocenters. The molecule has 1 saturated carbocycles. The number of hydrogen-bond donors (Lipinski definition) is 0. The lowest BCUT2D eigenvalue weighted by molar-refractivity contribution is -0.147. The summed E-state index contributed by atoms with van der Waals surface area (Å²) in [5.41, 5.74) is 0.980. The fourth-order valence-corrected chi connectivity index (χ4v) is 4.90. The van der Waals surface area contributed by atoms with Gasteiger partial charge in [-0.2, -0.15) is 0 Å². The van der Waals surface area contributed by atoms with Crippen molar-refractivity contribution in [3.63, 3.8) is 0 Å². The maximum atomic E-state index is 13.1. The predicted octanol–water partition coefficient (Wildman–Crippen LogP) is 0.989. The zero-order valence-electron chi connectivity index (χ0n) is 15.6. The predicted molar refractivity (Wildman–Crippen MR) is 95.5 cm³/mol. The van der Waals surface area contributed by atoms with Gasteiger partial charge in [-0.05, 0) is 32.1 Å². The van der Waals surface area contributed by atoms with Gasteiger partial charge in [0.05, 0.1) is 30.6 Å². The third kappa shape index (κ3) is 3.03. The minimum Gasteiger partial charge on any atom is -0.370 e. The number of ether oxygens (including phenoxy) is 1. The summed E-state index contributed by atoms with van der Waals surface area (Å²) in [5, 5.41) is 8.21. The summed E-state index contributed by atoms with van der Waals surface area (Å²) in [6, 6.07) is 0.0641. The van der Waals surface area contributed by atoms with Crippen molar-refractivity contribution in [1.29, 1.82) is 0 Å². The molecule has 0 aromatic carbocycles. The number of carbonyl (C=O) groups is 2. The minimum atomic E-state index is 0.0340. The first-order chi connectivity index (χ1) is 13.2. The molecule has 4 aliphatic rings. The summed E-state index contributed by atoms with van der Waals surface area (Å²) in [6.45, 7) is 3.38. The zero-order chi connectivity index (χ0) is 18.4. The average Bonchev–Trinajstić information content (AvgIpc) is 3.15. The summed E-state index contributed by atoms with van der Waals surface area (Å²) in [5.74, 6) is 0.827. The molecule has 5 rings (SSSR count). The van der Waals surface area contributed by atoms with Gasteiger partial charge in [-0.3, -0.25) is 9.59 Å². The van der Waals surface area contributed by atoms with Gasteiger partial charge < -0.3 is 14.5 Å². The highest BCUT2D eigenvalue weighted by Gasteiger charge is 2.40. The molecule has 8 nitrogen and oxygen atoms in total. The Hall–Kier alpha value is -1.96. The molecule has 146 valence electrons. The molecular formula is C19H27N5O3. The van der Waals surface area contributed by atoms with Crippen LogP contribution in [0.5, 0.6) is 0 Å². The molecule has 0 bridgehead atoms. The highest BCUT2D eigenvalue weighted by atomic mass is 16.5. The van der Waals surface area contributed by atoms with E-state index in [4.69, 9.17) is 4.74 Å². The number of carbonyl (C=O) groups excluding carboxylic acids is 2. The first-order valence-electron chi connectivity index (χ1n) is 10.3. The molecule has 8 heteroatoms. The van der Waals surface area contributed by atoms with Crippen LogP contribution in [0.25, 0.3) is 0 Å². The molecule has 1 aromatic rings. The minimum absolute atomic E-state index is 0.0340. The van der Waals surface area contributed by atoms with Crippen LogP contribution in [-0.2, 0) is 20.9 Å². The van der Waals surface area contributed by atoms with Crippen LogP contribution in [0.1, 0.15) is 50.3 Å². The van der Waals surface area contributed by atoms with Crippen molar-refractivity contribution in [2.75, 3.05) is 26.2 Å². The normalized spacial score (nSPS) is 29.0. The third-order valence-corrected chi connectivity index (χ3v) is 6.85. The molecular weight excluding hydrogens is 346 g/mol. The number of rotatable bonds is 2. The van der Waals surface area contributed by atoms with Crippen LogP contribution in [0.2, 0.25) is 0 Å². The second-order valence-corrected chi connectivity index (χ2v) is 8.39. The van der Waals surface area contributed by atoms with Gasteiger partial charge in [0.1, 0.15) is 0 Å². The Bertz CT molecular complexity index is 723.